The summed E-state index contributed by atoms with van der Waals surface area (Å²) in [5.41, 5.74) is 8.14. The first-order valence-electron chi connectivity index (χ1n) is 8.87. The van der Waals surface area contributed by atoms with Crippen molar-refractivity contribution in [2.45, 2.75) is 58.5 Å². The average molecular weight is 329 g/mol. The molecule has 1 amide bonds. The predicted octanol–water partition coefficient (Wildman–Crippen LogP) is 2.57. The van der Waals surface area contributed by atoms with E-state index < -0.39 is 0 Å². The van der Waals surface area contributed by atoms with Crippen LogP contribution < -0.4 is 11.1 Å². The third-order valence-electron chi connectivity index (χ3n) is 4.96. The molecule has 1 aliphatic rings. The minimum atomic E-state index is -0.0424. The van der Waals surface area contributed by atoms with E-state index in [4.69, 9.17) is 5.73 Å². The Balaban J connectivity index is 1.92. The monoisotopic (exact) mass is 329 g/mol. The van der Waals surface area contributed by atoms with Gasteiger partial charge in [0.2, 0.25) is 0 Å². The molecule has 0 spiro atoms. The topological polar surface area (TPSA) is 85.8 Å². The normalized spacial score (nSPS) is 21.4. The largest absolute Gasteiger partial charge is 0.349 e. The van der Waals surface area contributed by atoms with Crippen molar-refractivity contribution in [3.63, 3.8) is 0 Å². The lowest BCUT2D eigenvalue weighted by molar-refractivity contribution is 0.0909. The molecule has 3 rings (SSSR count). The quantitative estimate of drug-likeness (QED) is 0.902. The lowest BCUT2D eigenvalue weighted by Crippen LogP contribution is -2.44. The third-order valence-corrected chi connectivity index (χ3v) is 4.96. The Kier molecular flexibility index (Phi) is 4.85. The molecule has 0 aliphatic heterocycles. The number of nitrogens with two attached hydrogens (primary N) is 1. The first kappa shape index (κ1) is 16.9. The van der Waals surface area contributed by atoms with Gasteiger partial charge in [-0.1, -0.05) is 12.8 Å². The maximum atomic E-state index is 12.9. The number of rotatable bonds is 4. The Morgan fingerprint density at radius 1 is 1.42 bits per heavy atom. The molecule has 2 heterocycles. The molecule has 1 fully saturated rings. The van der Waals surface area contributed by atoms with Gasteiger partial charge in [-0.15, -0.1) is 0 Å². The van der Waals surface area contributed by atoms with Crippen LogP contribution >= 0.6 is 0 Å². The van der Waals surface area contributed by atoms with Crippen molar-refractivity contribution < 1.29 is 4.79 Å². The number of amides is 1. The van der Waals surface area contributed by atoms with Crippen molar-refractivity contribution >= 4 is 16.9 Å². The highest BCUT2D eigenvalue weighted by Gasteiger charge is 2.26. The number of pyridine rings is 1. The fourth-order valence-corrected chi connectivity index (χ4v) is 3.63. The highest BCUT2D eigenvalue weighted by Crippen LogP contribution is 2.25. The molecular weight excluding hydrogens is 302 g/mol. The van der Waals surface area contributed by atoms with Crippen LogP contribution in [0.5, 0.6) is 0 Å². The Labute approximate surface area is 142 Å². The number of carbonyl (C=O) groups is 1. The van der Waals surface area contributed by atoms with Gasteiger partial charge in [0.25, 0.3) is 5.91 Å². The average Bonchev–Trinajstić information content (AvgIpc) is 2.98. The minimum absolute atomic E-state index is 0.0424. The van der Waals surface area contributed by atoms with E-state index in [9.17, 15) is 4.79 Å². The molecule has 6 nitrogen and oxygen atoms in total. The molecule has 2 atom stereocenters. The number of nitrogens with zero attached hydrogens (tertiary/aromatic N) is 3. The number of aryl methyl sites for hydroxylation is 1. The number of carbonyl (C=O) groups excluding carboxylic acids is 1. The summed E-state index contributed by atoms with van der Waals surface area (Å²) in [5, 5.41) is 8.43. The van der Waals surface area contributed by atoms with Crippen LogP contribution in [0, 0.1) is 12.8 Å². The molecule has 1 aliphatic carbocycles. The molecule has 3 N–H and O–H groups in total. The van der Waals surface area contributed by atoms with Crippen molar-refractivity contribution in [2.24, 2.45) is 11.7 Å². The van der Waals surface area contributed by atoms with Crippen LogP contribution in [0.1, 0.15) is 61.6 Å². The van der Waals surface area contributed by atoms with Crippen LogP contribution in [-0.4, -0.2) is 33.3 Å². The molecule has 2 unspecified atom stereocenters. The van der Waals surface area contributed by atoms with Crippen molar-refractivity contribution in [3.8, 4) is 0 Å². The molecule has 2 aromatic rings. The zero-order valence-corrected chi connectivity index (χ0v) is 14.7. The Morgan fingerprint density at radius 3 is 2.88 bits per heavy atom. The van der Waals surface area contributed by atoms with Crippen LogP contribution in [0.2, 0.25) is 0 Å². The van der Waals surface area contributed by atoms with Gasteiger partial charge in [-0.3, -0.25) is 4.79 Å². The number of hydrogen-bond acceptors (Lipinski definition) is 4. The molecule has 0 radical (unpaired) electrons. The Hall–Kier alpha value is -1.95. The van der Waals surface area contributed by atoms with E-state index in [1.165, 1.54) is 6.42 Å². The van der Waals surface area contributed by atoms with Gasteiger partial charge in [0.1, 0.15) is 0 Å². The van der Waals surface area contributed by atoms with Gasteiger partial charge in [-0.25, -0.2) is 9.67 Å². The summed E-state index contributed by atoms with van der Waals surface area (Å²) in [5.74, 6) is 0.332. The SMILES string of the molecule is Cc1cc(C(=O)NC2CCCCC2CN)c2cnn(C(C)C)c2n1. The number of nitrogens with one attached hydrogen (secondary N) is 1. The summed E-state index contributed by atoms with van der Waals surface area (Å²) >= 11 is 0. The van der Waals surface area contributed by atoms with Gasteiger partial charge < -0.3 is 11.1 Å². The summed E-state index contributed by atoms with van der Waals surface area (Å²) in [6.45, 7) is 6.66. The second kappa shape index (κ2) is 6.89. The van der Waals surface area contributed by atoms with Crippen molar-refractivity contribution in [1.82, 2.24) is 20.1 Å². The van der Waals surface area contributed by atoms with Crippen LogP contribution in [0.15, 0.2) is 12.3 Å². The van der Waals surface area contributed by atoms with Gasteiger partial charge in [0, 0.05) is 17.8 Å². The zero-order chi connectivity index (χ0) is 17.3. The molecule has 6 heteroatoms. The first-order valence-corrected chi connectivity index (χ1v) is 8.87. The second-order valence-electron chi connectivity index (χ2n) is 7.09. The second-order valence-corrected chi connectivity index (χ2v) is 7.09. The van der Waals surface area contributed by atoms with Crippen LogP contribution in [0.25, 0.3) is 11.0 Å². The van der Waals surface area contributed by atoms with E-state index in [1.807, 2.05) is 17.7 Å². The summed E-state index contributed by atoms with van der Waals surface area (Å²) in [6, 6.07) is 2.22. The van der Waals surface area contributed by atoms with E-state index in [0.717, 1.165) is 36.0 Å². The van der Waals surface area contributed by atoms with Gasteiger partial charge >= 0.3 is 0 Å². The van der Waals surface area contributed by atoms with Gasteiger partial charge in [-0.05, 0) is 52.1 Å². The van der Waals surface area contributed by atoms with Gasteiger partial charge in [0.15, 0.2) is 5.65 Å². The molecular formula is C18H27N5O. The smallest absolute Gasteiger partial charge is 0.252 e. The van der Waals surface area contributed by atoms with E-state index in [-0.39, 0.29) is 18.0 Å². The standard InChI is InChI=1S/C18H27N5O/c1-11(2)23-17-15(10-20-23)14(8-12(3)21-17)18(24)22-16-7-5-4-6-13(16)9-19/h8,10-11,13,16H,4-7,9,19H2,1-3H3,(H,22,24). The number of fused-ring (bicyclic) bond motifs is 1. The maximum Gasteiger partial charge on any atom is 0.252 e. The predicted molar refractivity (Wildman–Crippen MR) is 94.9 cm³/mol. The maximum absolute atomic E-state index is 12.9. The summed E-state index contributed by atoms with van der Waals surface area (Å²) in [4.78, 5) is 17.5. The summed E-state index contributed by atoms with van der Waals surface area (Å²) in [7, 11) is 0. The van der Waals surface area contributed by atoms with Gasteiger partial charge in [0.05, 0.1) is 17.1 Å². The summed E-state index contributed by atoms with van der Waals surface area (Å²) in [6.07, 6.45) is 6.20. The Morgan fingerprint density at radius 2 is 2.17 bits per heavy atom. The molecule has 130 valence electrons. The molecule has 1 saturated carbocycles. The fraction of sp³-hybridized carbons (Fsp3) is 0.611. The Bertz CT molecular complexity index is 736. The minimum Gasteiger partial charge on any atom is -0.349 e. The van der Waals surface area contributed by atoms with Crippen LogP contribution in [0.3, 0.4) is 0 Å². The summed E-state index contributed by atoms with van der Waals surface area (Å²) < 4.78 is 1.86. The van der Waals surface area contributed by atoms with E-state index >= 15 is 0 Å². The zero-order valence-electron chi connectivity index (χ0n) is 14.7. The number of aromatic nitrogens is 3. The highest BCUT2D eigenvalue weighted by molar-refractivity contribution is 6.05. The molecule has 0 bridgehead atoms. The fourth-order valence-electron chi connectivity index (χ4n) is 3.63. The van der Waals surface area contributed by atoms with Crippen molar-refractivity contribution in [2.75, 3.05) is 6.54 Å². The lowest BCUT2D eigenvalue weighted by Gasteiger charge is -2.31. The van der Waals surface area contributed by atoms with E-state index in [0.29, 0.717) is 18.0 Å². The van der Waals surface area contributed by atoms with Crippen molar-refractivity contribution in [1.29, 1.82) is 0 Å². The van der Waals surface area contributed by atoms with Crippen LogP contribution in [0.4, 0.5) is 0 Å². The van der Waals surface area contributed by atoms with E-state index in [2.05, 4.69) is 29.2 Å². The van der Waals surface area contributed by atoms with Crippen LogP contribution in [-0.2, 0) is 0 Å². The molecule has 24 heavy (non-hydrogen) atoms. The number of hydrogen-bond donors (Lipinski definition) is 2. The lowest BCUT2D eigenvalue weighted by atomic mass is 9.84. The first-order chi connectivity index (χ1) is 11.5. The molecule has 0 aromatic carbocycles. The molecule has 0 saturated heterocycles. The van der Waals surface area contributed by atoms with E-state index in [1.54, 1.807) is 6.20 Å². The molecule has 2 aromatic heterocycles. The highest BCUT2D eigenvalue weighted by atomic mass is 16.1. The van der Waals surface area contributed by atoms with Crippen molar-refractivity contribution in [3.05, 3.63) is 23.5 Å². The van der Waals surface area contributed by atoms with Gasteiger partial charge in [-0.2, -0.15) is 5.10 Å². The third kappa shape index (κ3) is 3.15.